The second-order valence-corrected chi connectivity index (χ2v) is 6.82. The lowest BCUT2D eigenvalue weighted by atomic mass is 10.0. The van der Waals surface area contributed by atoms with Gasteiger partial charge in [0.2, 0.25) is 0 Å². The molecule has 1 atom stereocenters. The molecule has 9 heteroatoms. The van der Waals surface area contributed by atoms with Gasteiger partial charge < -0.3 is 15.4 Å². The van der Waals surface area contributed by atoms with E-state index in [4.69, 9.17) is 4.74 Å². The van der Waals surface area contributed by atoms with Gasteiger partial charge in [-0.05, 0) is 37.8 Å². The maximum atomic E-state index is 12.6. The molecular weight excluding hydrogens is 364 g/mol. The highest BCUT2D eigenvalue weighted by molar-refractivity contribution is 6.35. The molecule has 4 N–H and O–H groups in total. The SMILES string of the molecule is CCOc1ccccc1C(=O)N[C@H](C(=O)NNC(=O)C(=O)NC1CC1)C(C)C. The monoisotopic (exact) mass is 390 g/mol. The van der Waals surface area contributed by atoms with Crippen LogP contribution in [0.3, 0.4) is 0 Å². The first-order valence-corrected chi connectivity index (χ1v) is 9.26. The predicted octanol–water partition coefficient (Wildman–Crippen LogP) is 0.266. The molecule has 2 rings (SSSR count). The normalized spacial score (nSPS) is 14.0. The number of hydrogen-bond acceptors (Lipinski definition) is 5. The Morgan fingerprint density at radius 3 is 2.36 bits per heavy atom. The van der Waals surface area contributed by atoms with Crippen LogP contribution < -0.4 is 26.2 Å². The van der Waals surface area contributed by atoms with E-state index < -0.39 is 29.7 Å². The molecule has 4 amide bonds. The van der Waals surface area contributed by atoms with E-state index in [0.717, 1.165) is 12.8 Å². The first-order valence-electron chi connectivity index (χ1n) is 9.26. The molecule has 1 aromatic carbocycles. The maximum absolute atomic E-state index is 12.6. The van der Waals surface area contributed by atoms with E-state index in [9.17, 15) is 19.2 Å². The Kier molecular flexibility index (Phi) is 7.36. The van der Waals surface area contributed by atoms with Crippen molar-refractivity contribution < 1.29 is 23.9 Å². The van der Waals surface area contributed by atoms with Crippen LogP contribution in [0.25, 0.3) is 0 Å². The summed E-state index contributed by atoms with van der Waals surface area (Å²) < 4.78 is 5.44. The minimum Gasteiger partial charge on any atom is -0.493 e. The number of rotatable bonds is 7. The van der Waals surface area contributed by atoms with Gasteiger partial charge in [0.25, 0.3) is 11.8 Å². The maximum Gasteiger partial charge on any atom is 0.327 e. The van der Waals surface area contributed by atoms with E-state index in [0.29, 0.717) is 17.9 Å². The Morgan fingerprint density at radius 1 is 1.07 bits per heavy atom. The summed E-state index contributed by atoms with van der Waals surface area (Å²) in [6.45, 7) is 5.70. The first kappa shape index (κ1) is 21.2. The Bertz CT molecular complexity index is 746. The van der Waals surface area contributed by atoms with Gasteiger partial charge in [0.1, 0.15) is 11.8 Å². The number of benzene rings is 1. The van der Waals surface area contributed by atoms with Crippen molar-refractivity contribution in [3.8, 4) is 5.75 Å². The number of carbonyl (C=O) groups is 4. The molecule has 0 unspecified atom stereocenters. The lowest BCUT2D eigenvalue weighted by molar-refractivity contribution is -0.141. The van der Waals surface area contributed by atoms with Gasteiger partial charge in [-0.1, -0.05) is 26.0 Å². The standard InChI is InChI=1S/C19H26N4O5/c1-4-28-14-8-6-5-7-13(14)16(24)21-15(11(2)3)17(25)22-23-19(27)18(26)20-12-9-10-12/h5-8,11-12,15H,4,9-10H2,1-3H3,(H,20,26)(H,21,24)(H,22,25)(H,23,27)/t15-/m0/s1. The largest absolute Gasteiger partial charge is 0.493 e. The van der Waals surface area contributed by atoms with Gasteiger partial charge >= 0.3 is 11.8 Å². The molecule has 0 aliphatic heterocycles. The average molecular weight is 390 g/mol. The Morgan fingerprint density at radius 2 is 1.75 bits per heavy atom. The van der Waals surface area contributed by atoms with Crippen LogP contribution >= 0.6 is 0 Å². The smallest absolute Gasteiger partial charge is 0.327 e. The minimum atomic E-state index is -0.962. The molecule has 1 aliphatic carbocycles. The molecule has 0 heterocycles. The number of carbonyl (C=O) groups excluding carboxylic acids is 4. The summed E-state index contributed by atoms with van der Waals surface area (Å²) in [5.74, 6) is -2.73. The van der Waals surface area contributed by atoms with E-state index in [2.05, 4.69) is 21.5 Å². The van der Waals surface area contributed by atoms with Crippen LogP contribution in [0, 0.1) is 5.92 Å². The summed E-state index contributed by atoms with van der Waals surface area (Å²) >= 11 is 0. The zero-order valence-electron chi connectivity index (χ0n) is 16.2. The summed E-state index contributed by atoms with van der Waals surface area (Å²) in [6, 6.07) is 5.81. The molecule has 1 saturated carbocycles. The van der Waals surface area contributed by atoms with Crippen LogP contribution in [0.4, 0.5) is 0 Å². The van der Waals surface area contributed by atoms with Crippen molar-refractivity contribution in [2.24, 2.45) is 5.92 Å². The van der Waals surface area contributed by atoms with Gasteiger partial charge in [-0.25, -0.2) is 0 Å². The van der Waals surface area contributed by atoms with Crippen molar-refractivity contribution in [2.45, 2.75) is 45.7 Å². The first-order chi connectivity index (χ1) is 13.3. The predicted molar refractivity (Wildman–Crippen MR) is 101 cm³/mol. The molecule has 0 saturated heterocycles. The van der Waals surface area contributed by atoms with Crippen molar-refractivity contribution >= 4 is 23.6 Å². The Hall–Kier alpha value is -3.10. The molecule has 1 aromatic rings. The van der Waals surface area contributed by atoms with E-state index in [1.165, 1.54) is 0 Å². The molecular formula is C19H26N4O5. The van der Waals surface area contributed by atoms with Crippen LogP contribution in [0.2, 0.25) is 0 Å². The number of ether oxygens (including phenoxy) is 1. The summed E-state index contributed by atoms with van der Waals surface area (Å²) in [7, 11) is 0. The lowest BCUT2D eigenvalue weighted by Crippen LogP contribution is -2.56. The molecule has 9 nitrogen and oxygen atoms in total. The van der Waals surface area contributed by atoms with Crippen LogP contribution in [0.5, 0.6) is 5.75 Å². The fraction of sp³-hybridized carbons (Fsp3) is 0.474. The van der Waals surface area contributed by atoms with Gasteiger partial charge in [-0.15, -0.1) is 0 Å². The van der Waals surface area contributed by atoms with Crippen molar-refractivity contribution in [2.75, 3.05) is 6.61 Å². The quantitative estimate of drug-likeness (QED) is 0.393. The highest BCUT2D eigenvalue weighted by atomic mass is 16.5. The van der Waals surface area contributed by atoms with E-state index in [1.54, 1.807) is 45.0 Å². The van der Waals surface area contributed by atoms with Crippen molar-refractivity contribution in [1.82, 2.24) is 21.5 Å². The van der Waals surface area contributed by atoms with Gasteiger partial charge in [0.15, 0.2) is 0 Å². The molecule has 0 aromatic heterocycles. The number of hydrazine groups is 1. The number of para-hydroxylation sites is 1. The Labute approximate surface area is 163 Å². The second kappa shape index (κ2) is 9.72. The van der Waals surface area contributed by atoms with Crippen LogP contribution in [-0.2, 0) is 14.4 Å². The highest BCUT2D eigenvalue weighted by Gasteiger charge is 2.29. The van der Waals surface area contributed by atoms with Crippen molar-refractivity contribution in [3.63, 3.8) is 0 Å². The molecule has 28 heavy (non-hydrogen) atoms. The average Bonchev–Trinajstić information content (AvgIpc) is 3.48. The highest BCUT2D eigenvalue weighted by Crippen LogP contribution is 2.19. The number of amides is 4. The second-order valence-electron chi connectivity index (χ2n) is 6.82. The zero-order valence-corrected chi connectivity index (χ0v) is 16.2. The molecule has 0 radical (unpaired) electrons. The summed E-state index contributed by atoms with van der Waals surface area (Å²) in [5.41, 5.74) is 4.56. The Balaban J connectivity index is 1.96. The van der Waals surface area contributed by atoms with Gasteiger partial charge in [0, 0.05) is 6.04 Å². The molecule has 0 spiro atoms. The summed E-state index contributed by atoms with van der Waals surface area (Å²) in [6.07, 6.45) is 1.69. The van der Waals surface area contributed by atoms with Gasteiger partial charge in [-0.3, -0.25) is 30.0 Å². The third kappa shape index (κ3) is 5.97. The van der Waals surface area contributed by atoms with Crippen LogP contribution in [0.15, 0.2) is 24.3 Å². The van der Waals surface area contributed by atoms with Crippen molar-refractivity contribution in [1.29, 1.82) is 0 Å². The summed E-state index contributed by atoms with van der Waals surface area (Å²) in [4.78, 5) is 48.4. The number of hydrogen-bond donors (Lipinski definition) is 4. The molecule has 0 bridgehead atoms. The minimum absolute atomic E-state index is 0.0297. The van der Waals surface area contributed by atoms with Crippen molar-refractivity contribution in [3.05, 3.63) is 29.8 Å². The fourth-order valence-electron chi connectivity index (χ4n) is 2.42. The van der Waals surface area contributed by atoms with Gasteiger partial charge in [-0.2, -0.15) is 0 Å². The number of nitrogens with one attached hydrogen (secondary N) is 4. The van der Waals surface area contributed by atoms with E-state index in [1.807, 2.05) is 0 Å². The lowest BCUT2D eigenvalue weighted by Gasteiger charge is -2.22. The van der Waals surface area contributed by atoms with Crippen LogP contribution in [0.1, 0.15) is 44.0 Å². The van der Waals surface area contributed by atoms with E-state index in [-0.39, 0.29) is 12.0 Å². The third-order valence-electron chi connectivity index (χ3n) is 4.09. The third-order valence-corrected chi connectivity index (χ3v) is 4.09. The topological polar surface area (TPSA) is 126 Å². The summed E-state index contributed by atoms with van der Waals surface area (Å²) in [5, 5.41) is 5.16. The molecule has 1 aliphatic rings. The molecule has 152 valence electrons. The van der Waals surface area contributed by atoms with E-state index >= 15 is 0 Å². The fourth-order valence-corrected chi connectivity index (χ4v) is 2.42. The zero-order chi connectivity index (χ0) is 20.7. The van der Waals surface area contributed by atoms with Crippen LogP contribution in [-0.4, -0.2) is 42.3 Å². The molecule has 1 fully saturated rings. The van der Waals surface area contributed by atoms with Gasteiger partial charge in [0.05, 0.1) is 12.2 Å².